The predicted octanol–water partition coefficient (Wildman–Crippen LogP) is 0.542. The maximum absolute atomic E-state index is 11.7. The second-order valence-corrected chi connectivity index (χ2v) is 6.53. The zero-order valence-electron chi connectivity index (χ0n) is 8.56. The number of hydrogen-bond acceptors (Lipinski definition) is 5. The second kappa shape index (κ2) is 4.11. The normalized spacial score (nSPS) is 16.1. The molecule has 0 spiro atoms. The van der Waals surface area contributed by atoms with Crippen molar-refractivity contribution in [2.24, 2.45) is 0 Å². The van der Waals surface area contributed by atoms with Gasteiger partial charge in [0.25, 0.3) is 10.0 Å². The molecule has 0 radical (unpaired) electrons. The number of rotatable bonds is 4. The summed E-state index contributed by atoms with van der Waals surface area (Å²) in [6.07, 6.45) is 3.02. The van der Waals surface area contributed by atoms with Crippen LogP contribution in [0.5, 0.6) is 0 Å². The molecular weight excluding hydrogens is 250 g/mol. The van der Waals surface area contributed by atoms with Crippen LogP contribution in [0.15, 0.2) is 10.4 Å². The van der Waals surface area contributed by atoms with E-state index in [1.165, 1.54) is 13.1 Å². The summed E-state index contributed by atoms with van der Waals surface area (Å²) in [6, 6.07) is 0.0660. The van der Waals surface area contributed by atoms with E-state index in [1.807, 2.05) is 0 Å². The topological polar surface area (TPSA) is 88.2 Å². The molecule has 1 saturated carbocycles. The summed E-state index contributed by atoms with van der Waals surface area (Å²) in [7, 11) is -3.46. The Bertz CT molecular complexity index is 504. The van der Waals surface area contributed by atoms with Crippen LogP contribution in [-0.4, -0.2) is 25.4 Å². The largest absolute Gasteiger partial charge is 0.302 e. The monoisotopic (exact) mass is 261 g/mol. The second-order valence-electron chi connectivity index (χ2n) is 3.56. The van der Waals surface area contributed by atoms with E-state index in [4.69, 9.17) is 0 Å². The number of aromatic nitrogens is 1. The Balaban J connectivity index is 2.13. The van der Waals surface area contributed by atoms with Crippen molar-refractivity contribution < 1.29 is 13.2 Å². The van der Waals surface area contributed by atoms with Crippen molar-refractivity contribution in [1.29, 1.82) is 0 Å². The van der Waals surface area contributed by atoms with Crippen LogP contribution in [0, 0.1) is 0 Å². The minimum Gasteiger partial charge on any atom is -0.302 e. The first-order chi connectivity index (χ1) is 7.47. The van der Waals surface area contributed by atoms with E-state index in [-0.39, 0.29) is 16.2 Å². The molecule has 1 amide bonds. The van der Waals surface area contributed by atoms with E-state index >= 15 is 0 Å². The lowest BCUT2D eigenvalue weighted by Crippen LogP contribution is -2.24. The molecule has 1 aliphatic carbocycles. The number of amides is 1. The summed E-state index contributed by atoms with van der Waals surface area (Å²) < 4.78 is 26.1. The average Bonchev–Trinajstić information content (AvgIpc) is 2.80. The maximum atomic E-state index is 11.7. The highest BCUT2D eigenvalue weighted by molar-refractivity contribution is 7.91. The zero-order valence-corrected chi connectivity index (χ0v) is 10.2. The Morgan fingerprint density at radius 2 is 2.25 bits per heavy atom. The number of thiazole rings is 1. The molecule has 1 heterocycles. The maximum Gasteiger partial charge on any atom is 0.251 e. The van der Waals surface area contributed by atoms with Crippen molar-refractivity contribution in [3.63, 3.8) is 0 Å². The summed E-state index contributed by atoms with van der Waals surface area (Å²) in [5.74, 6) is -0.270. The Kier molecular flexibility index (Phi) is 2.96. The van der Waals surface area contributed by atoms with E-state index in [1.54, 1.807) is 0 Å². The van der Waals surface area contributed by atoms with Gasteiger partial charge in [0.05, 0.1) is 6.20 Å². The van der Waals surface area contributed by atoms with Crippen molar-refractivity contribution in [3.05, 3.63) is 6.20 Å². The number of hydrogen-bond donors (Lipinski definition) is 2. The van der Waals surface area contributed by atoms with Gasteiger partial charge in [-0.2, -0.15) is 0 Å². The van der Waals surface area contributed by atoms with Crippen LogP contribution in [0.1, 0.15) is 19.8 Å². The third-order valence-corrected chi connectivity index (χ3v) is 4.83. The number of nitrogens with one attached hydrogen (secondary N) is 2. The van der Waals surface area contributed by atoms with Gasteiger partial charge in [-0.15, -0.1) is 0 Å². The molecule has 0 bridgehead atoms. The van der Waals surface area contributed by atoms with Crippen LogP contribution in [0.25, 0.3) is 0 Å². The van der Waals surface area contributed by atoms with Crippen LogP contribution >= 0.6 is 11.3 Å². The molecule has 0 saturated heterocycles. The van der Waals surface area contributed by atoms with Crippen molar-refractivity contribution in [2.45, 2.75) is 30.0 Å². The van der Waals surface area contributed by atoms with Gasteiger partial charge < -0.3 is 5.32 Å². The summed E-state index contributed by atoms with van der Waals surface area (Å²) in [6.45, 7) is 1.35. The first-order valence-corrected chi connectivity index (χ1v) is 7.03. The highest BCUT2D eigenvalue weighted by atomic mass is 32.2. The molecule has 0 aliphatic heterocycles. The first-order valence-electron chi connectivity index (χ1n) is 4.73. The van der Waals surface area contributed by atoms with Gasteiger partial charge in [0.1, 0.15) is 0 Å². The van der Waals surface area contributed by atoms with Gasteiger partial charge in [0, 0.05) is 13.0 Å². The van der Waals surface area contributed by atoms with Gasteiger partial charge in [0.15, 0.2) is 9.34 Å². The molecule has 1 aromatic rings. The lowest BCUT2D eigenvalue weighted by molar-refractivity contribution is -0.114. The van der Waals surface area contributed by atoms with Crippen molar-refractivity contribution in [2.75, 3.05) is 5.32 Å². The Morgan fingerprint density at radius 3 is 2.81 bits per heavy atom. The highest BCUT2D eigenvalue weighted by Crippen LogP contribution is 2.26. The summed E-state index contributed by atoms with van der Waals surface area (Å²) in [4.78, 5) is 14.6. The summed E-state index contributed by atoms with van der Waals surface area (Å²) in [5, 5.41) is 2.74. The van der Waals surface area contributed by atoms with E-state index < -0.39 is 10.0 Å². The Labute approximate surface area is 97.1 Å². The molecule has 0 aromatic carbocycles. The fourth-order valence-corrected chi connectivity index (χ4v) is 3.47. The van der Waals surface area contributed by atoms with Gasteiger partial charge in [-0.1, -0.05) is 11.3 Å². The molecular formula is C8H11N3O3S2. The Hall–Kier alpha value is -0.990. The SMILES string of the molecule is CC(=O)Nc1ncc(S(=O)(=O)NC2CC2)s1. The van der Waals surface area contributed by atoms with Crippen LogP contribution in [0.2, 0.25) is 0 Å². The van der Waals surface area contributed by atoms with Gasteiger partial charge in [0.2, 0.25) is 5.91 Å². The minimum absolute atomic E-state index is 0.0660. The molecule has 16 heavy (non-hydrogen) atoms. The molecule has 8 heteroatoms. The zero-order chi connectivity index (χ0) is 11.8. The predicted molar refractivity (Wildman–Crippen MR) is 59.8 cm³/mol. The lowest BCUT2D eigenvalue weighted by atomic mass is 10.7. The number of sulfonamides is 1. The molecule has 1 aromatic heterocycles. The summed E-state index contributed by atoms with van der Waals surface area (Å²) >= 11 is 0.944. The fourth-order valence-electron chi connectivity index (χ4n) is 1.07. The molecule has 1 aliphatic rings. The third-order valence-electron chi connectivity index (χ3n) is 1.93. The van der Waals surface area contributed by atoms with Gasteiger partial charge in [-0.05, 0) is 12.8 Å². The summed E-state index contributed by atoms with van der Waals surface area (Å²) in [5.41, 5.74) is 0. The molecule has 0 unspecified atom stereocenters. The van der Waals surface area contributed by atoms with Gasteiger partial charge >= 0.3 is 0 Å². The van der Waals surface area contributed by atoms with E-state index in [9.17, 15) is 13.2 Å². The van der Waals surface area contributed by atoms with Crippen LogP contribution < -0.4 is 10.0 Å². The lowest BCUT2D eigenvalue weighted by Gasteiger charge is -2.00. The molecule has 1 fully saturated rings. The van der Waals surface area contributed by atoms with Crippen LogP contribution in [0.4, 0.5) is 5.13 Å². The smallest absolute Gasteiger partial charge is 0.251 e. The van der Waals surface area contributed by atoms with Crippen molar-refractivity contribution in [1.82, 2.24) is 9.71 Å². The van der Waals surface area contributed by atoms with Crippen LogP contribution in [0.3, 0.4) is 0 Å². The van der Waals surface area contributed by atoms with Crippen LogP contribution in [-0.2, 0) is 14.8 Å². The fraction of sp³-hybridized carbons (Fsp3) is 0.500. The van der Waals surface area contributed by atoms with E-state index in [0.717, 1.165) is 24.2 Å². The van der Waals surface area contributed by atoms with Crippen molar-refractivity contribution >= 4 is 32.4 Å². The van der Waals surface area contributed by atoms with Gasteiger partial charge in [-0.3, -0.25) is 4.79 Å². The molecule has 2 rings (SSSR count). The standard InChI is InChI=1S/C8H11N3O3S2/c1-5(12)10-8-9-4-7(15-8)16(13,14)11-6-2-3-6/h4,6,11H,2-3H2,1H3,(H,9,10,12). The molecule has 88 valence electrons. The molecule has 0 atom stereocenters. The number of anilines is 1. The highest BCUT2D eigenvalue weighted by Gasteiger charge is 2.29. The average molecular weight is 261 g/mol. The Morgan fingerprint density at radius 1 is 1.56 bits per heavy atom. The third kappa shape index (κ3) is 2.77. The van der Waals surface area contributed by atoms with E-state index in [0.29, 0.717) is 5.13 Å². The number of nitrogens with zero attached hydrogens (tertiary/aromatic N) is 1. The van der Waals surface area contributed by atoms with E-state index in [2.05, 4.69) is 15.0 Å². The number of carbonyl (C=O) groups is 1. The quantitative estimate of drug-likeness (QED) is 0.828. The number of carbonyl (C=O) groups excluding carboxylic acids is 1. The molecule has 2 N–H and O–H groups in total. The van der Waals surface area contributed by atoms with Gasteiger partial charge in [-0.25, -0.2) is 18.1 Å². The minimum atomic E-state index is -3.46. The first kappa shape index (κ1) is 11.5. The molecule has 6 nitrogen and oxygen atoms in total. The van der Waals surface area contributed by atoms with Crippen molar-refractivity contribution in [3.8, 4) is 0 Å².